The molecule has 0 spiro atoms. The molecule has 2 atom stereocenters. The molecule has 1 saturated carbocycles. The number of nitrogens with one attached hydrogen (secondary N) is 1. The largest absolute Gasteiger partial charge is 0.505 e. The lowest BCUT2D eigenvalue weighted by molar-refractivity contribution is -0.139. The highest BCUT2D eigenvalue weighted by molar-refractivity contribution is 5.99. The lowest BCUT2D eigenvalue weighted by Gasteiger charge is -2.35. The number of phenolic OH excluding ortho intramolecular Hbond substituents is 1. The number of hydrogen-bond acceptors (Lipinski definition) is 4. The summed E-state index contributed by atoms with van der Waals surface area (Å²) in [5, 5.41) is 21.7. The number of aliphatic carboxylic acids is 1. The molecule has 3 rings (SSSR count). The molecule has 1 aliphatic heterocycles. The Morgan fingerprint density at radius 3 is 2.59 bits per heavy atom. The fourth-order valence-electron chi connectivity index (χ4n) is 4.34. The van der Waals surface area contributed by atoms with E-state index in [4.69, 9.17) is 5.11 Å². The van der Waals surface area contributed by atoms with E-state index >= 15 is 0 Å². The number of amides is 1. The first-order chi connectivity index (χ1) is 12.8. The molecule has 0 saturated heterocycles. The fraction of sp³-hybridized carbons (Fsp3) is 0.600. The number of nitrogens with zero attached hydrogens (tertiary/aromatic N) is 1. The number of benzene rings is 1. The van der Waals surface area contributed by atoms with Crippen LogP contribution in [-0.4, -0.2) is 45.6 Å². The van der Waals surface area contributed by atoms with Gasteiger partial charge in [0.05, 0.1) is 5.56 Å². The normalized spacial score (nSPS) is 24.6. The Kier molecular flexibility index (Phi) is 5.69. The van der Waals surface area contributed by atoms with Crippen LogP contribution in [0.3, 0.4) is 0 Å². The van der Waals surface area contributed by atoms with E-state index in [1.807, 2.05) is 6.92 Å². The third-order valence-corrected chi connectivity index (χ3v) is 6.03. The number of halogens is 1. The minimum atomic E-state index is -0.846. The van der Waals surface area contributed by atoms with E-state index in [0.717, 1.165) is 25.7 Å². The molecule has 1 amide bonds. The van der Waals surface area contributed by atoms with Crippen molar-refractivity contribution in [3.05, 3.63) is 29.1 Å². The van der Waals surface area contributed by atoms with Crippen molar-refractivity contribution in [2.75, 3.05) is 6.54 Å². The number of carbonyl (C=O) groups excluding carboxylic acids is 1. The van der Waals surface area contributed by atoms with Crippen LogP contribution in [0.4, 0.5) is 4.39 Å². The summed E-state index contributed by atoms with van der Waals surface area (Å²) in [7, 11) is 0. The molecule has 0 bridgehead atoms. The zero-order valence-electron chi connectivity index (χ0n) is 15.7. The topological polar surface area (TPSA) is 89.9 Å². The van der Waals surface area contributed by atoms with Crippen molar-refractivity contribution in [1.29, 1.82) is 0 Å². The van der Waals surface area contributed by atoms with Gasteiger partial charge in [-0.1, -0.05) is 6.07 Å². The minimum Gasteiger partial charge on any atom is -0.505 e. The van der Waals surface area contributed by atoms with Crippen LogP contribution in [0.25, 0.3) is 0 Å². The molecule has 1 fully saturated rings. The van der Waals surface area contributed by atoms with Gasteiger partial charge in [-0.15, -0.1) is 0 Å². The molecule has 7 heteroatoms. The lowest BCUT2D eigenvalue weighted by Crippen LogP contribution is -2.44. The molecule has 27 heavy (non-hydrogen) atoms. The van der Waals surface area contributed by atoms with Crippen molar-refractivity contribution in [2.45, 2.75) is 58.2 Å². The number of rotatable bonds is 6. The van der Waals surface area contributed by atoms with Gasteiger partial charge in [0, 0.05) is 19.1 Å². The predicted molar refractivity (Wildman–Crippen MR) is 97.9 cm³/mol. The Labute approximate surface area is 158 Å². The molecule has 0 aromatic heterocycles. The highest BCUT2D eigenvalue weighted by Crippen LogP contribution is 2.35. The monoisotopic (exact) mass is 378 g/mol. The zero-order chi connectivity index (χ0) is 19.7. The van der Waals surface area contributed by atoms with Gasteiger partial charge in [-0.05, 0) is 63.0 Å². The van der Waals surface area contributed by atoms with Gasteiger partial charge >= 0.3 is 5.97 Å². The zero-order valence-corrected chi connectivity index (χ0v) is 15.7. The van der Waals surface area contributed by atoms with Crippen molar-refractivity contribution in [3.8, 4) is 5.75 Å². The number of carbonyl (C=O) groups is 2. The highest BCUT2D eigenvalue weighted by Gasteiger charge is 2.34. The average Bonchev–Trinajstić information content (AvgIpc) is 2.95. The van der Waals surface area contributed by atoms with Crippen LogP contribution in [0.5, 0.6) is 5.75 Å². The quantitative estimate of drug-likeness (QED) is 0.708. The third-order valence-electron chi connectivity index (χ3n) is 6.03. The summed E-state index contributed by atoms with van der Waals surface area (Å²) >= 11 is 0. The molecule has 0 radical (unpaired) electrons. The van der Waals surface area contributed by atoms with Crippen molar-refractivity contribution in [2.24, 2.45) is 11.8 Å². The number of carboxylic acids is 1. The van der Waals surface area contributed by atoms with E-state index in [9.17, 15) is 19.1 Å². The van der Waals surface area contributed by atoms with Gasteiger partial charge in [-0.2, -0.15) is 0 Å². The van der Waals surface area contributed by atoms with Crippen molar-refractivity contribution < 1.29 is 24.2 Å². The van der Waals surface area contributed by atoms with E-state index in [1.165, 1.54) is 6.07 Å². The first kappa shape index (κ1) is 19.6. The second kappa shape index (κ2) is 7.84. The molecule has 6 nitrogen and oxygen atoms in total. The van der Waals surface area contributed by atoms with Gasteiger partial charge in [0.15, 0.2) is 11.6 Å². The molecular weight excluding hydrogens is 351 g/mol. The van der Waals surface area contributed by atoms with Gasteiger partial charge in [0.1, 0.15) is 6.04 Å². The minimum absolute atomic E-state index is 0.00386. The smallest absolute Gasteiger partial charge is 0.320 e. The van der Waals surface area contributed by atoms with Crippen LogP contribution in [0.15, 0.2) is 12.1 Å². The van der Waals surface area contributed by atoms with Gasteiger partial charge in [0.25, 0.3) is 5.91 Å². The van der Waals surface area contributed by atoms with E-state index in [2.05, 4.69) is 5.32 Å². The fourth-order valence-corrected chi connectivity index (χ4v) is 4.34. The molecule has 1 aliphatic carbocycles. The lowest BCUT2D eigenvalue weighted by atomic mass is 9.78. The van der Waals surface area contributed by atoms with Crippen LogP contribution < -0.4 is 5.32 Å². The molecule has 1 aromatic rings. The molecular formula is C20H27FN2O4. The number of carboxylic acid groups (broad SMARTS) is 1. The molecule has 148 valence electrons. The summed E-state index contributed by atoms with van der Waals surface area (Å²) < 4.78 is 14.1. The summed E-state index contributed by atoms with van der Waals surface area (Å²) in [6.45, 7) is 4.66. The number of aromatic hydroxyl groups is 1. The standard InChI is InChI=1S/C20H27FN2O4/c1-11(22-12(2)20(26)27)14-5-3-13(4-6-14)9-23-10-15-7-8-16(24)18(21)17(15)19(23)25/h7-8,11-14,22,24H,3-6,9-10H2,1-2H3,(H,26,27)/t11?,12?,13-,14-. The summed E-state index contributed by atoms with van der Waals surface area (Å²) in [6.07, 6.45) is 3.89. The molecule has 3 N–H and O–H groups in total. The summed E-state index contributed by atoms with van der Waals surface area (Å²) in [5.41, 5.74) is 0.633. The summed E-state index contributed by atoms with van der Waals surface area (Å²) in [4.78, 5) is 25.2. The van der Waals surface area contributed by atoms with Crippen LogP contribution in [0.1, 0.15) is 55.5 Å². The van der Waals surface area contributed by atoms with Crippen LogP contribution in [0, 0.1) is 17.7 Å². The Balaban J connectivity index is 1.52. The summed E-state index contributed by atoms with van der Waals surface area (Å²) in [6, 6.07) is 2.47. The van der Waals surface area contributed by atoms with E-state index < -0.39 is 23.6 Å². The van der Waals surface area contributed by atoms with Crippen LogP contribution >= 0.6 is 0 Å². The maximum Gasteiger partial charge on any atom is 0.320 e. The van der Waals surface area contributed by atoms with Crippen molar-refractivity contribution in [3.63, 3.8) is 0 Å². The van der Waals surface area contributed by atoms with Gasteiger partial charge in [-0.3, -0.25) is 9.59 Å². The second-order valence-electron chi connectivity index (χ2n) is 7.91. The van der Waals surface area contributed by atoms with E-state index in [0.29, 0.717) is 30.5 Å². The average molecular weight is 378 g/mol. The van der Waals surface area contributed by atoms with Crippen LogP contribution in [0.2, 0.25) is 0 Å². The van der Waals surface area contributed by atoms with Crippen molar-refractivity contribution >= 4 is 11.9 Å². The van der Waals surface area contributed by atoms with Gasteiger partial charge < -0.3 is 20.4 Å². The SMILES string of the molecule is CC(NC(C)[C@H]1CC[C@H](CN2Cc3ccc(O)c(F)c3C2=O)CC1)C(=O)O. The first-order valence-electron chi connectivity index (χ1n) is 9.56. The molecule has 1 aromatic carbocycles. The predicted octanol–water partition coefficient (Wildman–Crippen LogP) is 2.74. The van der Waals surface area contributed by atoms with E-state index in [-0.39, 0.29) is 17.5 Å². The molecule has 2 aliphatic rings. The Morgan fingerprint density at radius 1 is 1.30 bits per heavy atom. The van der Waals surface area contributed by atoms with Crippen LogP contribution in [-0.2, 0) is 11.3 Å². The van der Waals surface area contributed by atoms with Gasteiger partial charge in [-0.25, -0.2) is 4.39 Å². The number of phenols is 1. The maximum absolute atomic E-state index is 14.1. The second-order valence-corrected chi connectivity index (χ2v) is 7.91. The summed E-state index contributed by atoms with van der Waals surface area (Å²) in [5.74, 6) is -1.71. The Morgan fingerprint density at radius 2 is 1.96 bits per heavy atom. The van der Waals surface area contributed by atoms with Gasteiger partial charge in [0.2, 0.25) is 0 Å². The third kappa shape index (κ3) is 4.08. The molecule has 1 heterocycles. The molecule has 2 unspecified atom stereocenters. The highest BCUT2D eigenvalue weighted by atomic mass is 19.1. The first-order valence-corrected chi connectivity index (χ1v) is 9.56. The number of hydrogen-bond donors (Lipinski definition) is 3. The van der Waals surface area contributed by atoms with E-state index in [1.54, 1.807) is 17.9 Å². The Hall–Kier alpha value is -2.15. The van der Waals surface area contributed by atoms with Crippen molar-refractivity contribution in [1.82, 2.24) is 10.2 Å². The maximum atomic E-state index is 14.1. The Bertz CT molecular complexity index is 731. The number of fused-ring (bicyclic) bond motifs is 1.